The normalized spacial score (nSPS) is 10.2. The number of pyridine rings is 1. The van der Waals surface area contributed by atoms with Crippen LogP contribution in [0.2, 0.25) is 0 Å². The van der Waals surface area contributed by atoms with Crippen molar-refractivity contribution in [3.05, 3.63) is 34.3 Å². The van der Waals surface area contributed by atoms with E-state index in [-0.39, 0.29) is 16.3 Å². The largest absolute Gasteiger partial charge is 0.478 e. The maximum absolute atomic E-state index is 11.0. The maximum Gasteiger partial charge on any atom is 0.338 e. The lowest BCUT2D eigenvalue weighted by molar-refractivity contribution is -0.385. The first-order valence-electron chi connectivity index (χ1n) is 4.49. The molecule has 9 nitrogen and oxygen atoms in total. The molecule has 92 valence electrons. The first kappa shape index (κ1) is 12.0. The summed E-state index contributed by atoms with van der Waals surface area (Å²) in [6.07, 6.45) is 2.25. The molecule has 0 aromatic carbocycles. The van der Waals surface area contributed by atoms with Crippen molar-refractivity contribution in [2.24, 2.45) is 0 Å². The summed E-state index contributed by atoms with van der Waals surface area (Å²) in [6.45, 7) is 0. The van der Waals surface area contributed by atoms with Crippen molar-refractivity contribution in [3.8, 4) is 0 Å². The fraction of sp³-hybridized carbons (Fsp3) is 0. The molecule has 0 saturated carbocycles. The standard InChI is InChI=1S/C8H5N5O4S/c14-7(15)5-1-4(13(16)17)2-9-6(5)18-8-10-3-11-12-8/h1-3H,(H,14,15)(H,10,11,12). The van der Waals surface area contributed by atoms with E-state index >= 15 is 0 Å². The van der Waals surface area contributed by atoms with E-state index in [4.69, 9.17) is 5.11 Å². The fourth-order valence-electron chi connectivity index (χ4n) is 1.11. The number of carboxylic acid groups (broad SMARTS) is 1. The number of carboxylic acids is 1. The van der Waals surface area contributed by atoms with Gasteiger partial charge in [0.1, 0.15) is 17.6 Å². The molecule has 0 atom stereocenters. The highest BCUT2D eigenvalue weighted by atomic mass is 32.2. The Morgan fingerprint density at radius 2 is 2.28 bits per heavy atom. The number of nitro groups is 1. The predicted octanol–water partition coefficient (Wildman–Crippen LogP) is 0.957. The monoisotopic (exact) mass is 267 g/mol. The lowest BCUT2D eigenvalue weighted by Gasteiger charge is -2.01. The zero-order chi connectivity index (χ0) is 13.1. The number of aromatic carboxylic acids is 1. The summed E-state index contributed by atoms with van der Waals surface area (Å²) in [5.41, 5.74) is -0.639. The molecule has 0 radical (unpaired) electrons. The third-order valence-corrected chi connectivity index (χ3v) is 2.77. The van der Waals surface area contributed by atoms with Crippen molar-refractivity contribution in [3.63, 3.8) is 0 Å². The van der Waals surface area contributed by atoms with Gasteiger partial charge in [-0.05, 0) is 11.8 Å². The molecule has 0 aliphatic rings. The molecule has 2 heterocycles. The Hall–Kier alpha value is -2.49. The van der Waals surface area contributed by atoms with Crippen LogP contribution in [0, 0.1) is 10.1 Å². The van der Waals surface area contributed by atoms with Crippen LogP contribution in [0.25, 0.3) is 0 Å². The molecule has 0 unspecified atom stereocenters. The number of hydrogen-bond acceptors (Lipinski definition) is 7. The second-order valence-corrected chi connectivity index (χ2v) is 3.98. The third kappa shape index (κ3) is 2.43. The summed E-state index contributed by atoms with van der Waals surface area (Å²) in [5.74, 6) is -1.30. The second-order valence-electron chi connectivity index (χ2n) is 3.00. The van der Waals surface area contributed by atoms with Crippen molar-refractivity contribution in [2.45, 2.75) is 10.2 Å². The van der Waals surface area contributed by atoms with Gasteiger partial charge in [-0.2, -0.15) is 5.10 Å². The zero-order valence-electron chi connectivity index (χ0n) is 8.60. The number of aromatic amines is 1. The van der Waals surface area contributed by atoms with E-state index in [1.165, 1.54) is 6.33 Å². The number of hydrogen-bond donors (Lipinski definition) is 2. The van der Waals surface area contributed by atoms with E-state index in [0.717, 1.165) is 24.0 Å². The van der Waals surface area contributed by atoms with Gasteiger partial charge in [0.25, 0.3) is 5.69 Å². The first-order chi connectivity index (χ1) is 8.58. The van der Waals surface area contributed by atoms with Crippen molar-refractivity contribution in [1.82, 2.24) is 20.2 Å². The van der Waals surface area contributed by atoms with Crippen LogP contribution in [0.5, 0.6) is 0 Å². The van der Waals surface area contributed by atoms with Crippen LogP contribution in [0.15, 0.2) is 28.8 Å². The minimum absolute atomic E-state index is 0.102. The summed E-state index contributed by atoms with van der Waals surface area (Å²) < 4.78 is 0. The zero-order valence-corrected chi connectivity index (χ0v) is 9.42. The van der Waals surface area contributed by atoms with E-state index in [1.54, 1.807) is 0 Å². The quantitative estimate of drug-likeness (QED) is 0.617. The average Bonchev–Trinajstić information content (AvgIpc) is 2.81. The van der Waals surface area contributed by atoms with Gasteiger partial charge in [-0.25, -0.2) is 14.8 Å². The number of nitrogens with zero attached hydrogens (tertiary/aromatic N) is 4. The molecule has 2 rings (SSSR count). The maximum atomic E-state index is 11.0. The number of carbonyl (C=O) groups is 1. The topological polar surface area (TPSA) is 135 Å². The van der Waals surface area contributed by atoms with Gasteiger partial charge in [0, 0.05) is 6.07 Å². The van der Waals surface area contributed by atoms with Gasteiger partial charge >= 0.3 is 5.97 Å². The Balaban J connectivity index is 2.40. The van der Waals surface area contributed by atoms with Gasteiger partial charge in [0.05, 0.1) is 10.5 Å². The summed E-state index contributed by atoms with van der Waals surface area (Å²) in [5, 5.41) is 26.1. The third-order valence-electron chi connectivity index (χ3n) is 1.86. The van der Waals surface area contributed by atoms with Crippen molar-refractivity contribution in [2.75, 3.05) is 0 Å². The summed E-state index contributed by atoms with van der Waals surface area (Å²) >= 11 is 0.926. The molecule has 0 fully saturated rings. The molecular weight excluding hydrogens is 262 g/mol. The van der Waals surface area contributed by atoms with E-state index in [9.17, 15) is 14.9 Å². The second kappa shape index (κ2) is 4.79. The molecule has 0 amide bonds. The highest BCUT2D eigenvalue weighted by molar-refractivity contribution is 7.99. The van der Waals surface area contributed by atoms with Crippen molar-refractivity contribution < 1.29 is 14.8 Å². The molecule has 0 aliphatic heterocycles. The minimum Gasteiger partial charge on any atom is -0.478 e. The SMILES string of the molecule is O=C(O)c1cc([N+](=O)[O-])cnc1Sc1ncn[nH]1. The van der Waals surface area contributed by atoms with Gasteiger partial charge in [-0.15, -0.1) is 0 Å². The molecule has 0 spiro atoms. The lowest BCUT2D eigenvalue weighted by Crippen LogP contribution is -2.03. The molecule has 2 N–H and O–H groups in total. The number of rotatable bonds is 4. The van der Waals surface area contributed by atoms with Gasteiger partial charge in [-0.1, -0.05) is 0 Å². The Kier molecular flexibility index (Phi) is 3.19. The average molecular weight is 267 g/mol. The van der Waals surface area contributed by atoms with Crippen LogP contribution in [0.1, 0.15) is 10.4 Å². The predicted molar refractivity (Wildman–Crippen MR) is 58.4 cm³/mol. The van der Waals surface area contributed by atoms with E-state index in [0.29, 0.717) is 5.16 Å². The van der Waals surface area contributed by atoms with Crippen molar-refractivity contribution in [1.29, 1.82) is 0 Å². The van der Waals surface area contributed by atoms with E-state index in [2.05, 4.69) is 20.2 Å². The van der Waals surface area contributed by atoms with E-state index < -0.39 is 10.9 Å². The summed E-state index contributed by atoms with van der Waals surface area (Å²) in [7, 11) is 0. The molecule has 2 aromatic heterocycles. The highest BCUT2D eigenvalue weighted by Gasteiger charge is 2.18. The molecular formula is C8H5N5O4S. The first-order valence-corrected chi connectivity index (χ1v) is 5.30. The Labute approximate surface area is 103 Å². The number of H-pyrrole nitrogens is 1. The molecule has 0 bridgehead atoms. The van der Waals surface area contributed by atoms with Crippen LogP contribution in [-0.4, -0.2) is 36.2 Å². The van der Waals surface area contributed by atoms with Crippen LogP contribution >= 0.6 is 11.8 Å². The Morgan fingerprint density at radius 1 is 1.50 bits per heavy atom. The molecule has 2 aromatic rings. The Morgan fingerprint density at radius 3 is 2.83 bits per heavy atom. The molecule has 10 heteroatoms. The Bertz CT molecular complexity index is 600. The van der Waals surface area contributed by atoms with Crippen LogP contribution < -0.4 is 0 Å². The van der Waals surface area contributed by atoms with E-state index in [1.807, 2.05) is 0 Å². The smallest absolute Gasteiger partial charge is 0.338 e. The number of aromatic nitrogens is 4. The highest BCUT2D eigenvalue weighted by Crippen LogP contribution is 2.27. The molecule has 0 aliphatic carbocycles. The van der Waals surface area contributed by atoms with Gasteiger partial charge < -0.3 is 5.11 Å². The van der Waals surface area contributed by atoms with Crippen molar-refractivity contribution >= 4 is 23.4 Å². The van der Waals surface area contributed by atoms with Gasteiger partial charge in [-0.3, -0.25) is 15.2 Å². The van der Waals surface area contributed by atoms with Crippen LogP contribution in [0.4, 0.5) is 5.69 Å². The van der Waals surface area contributed by atoms with Crippen LogP contribution in [-0.2, 0) is 0 Å². The molecule has 18 heavy (non-hydrogen) atoms. The molecule has 0 saturated heterocycles. The van der Waals surface area contributed by atoms with Gasteiger partial charge in [0.2, 0.25) is 0 Å². The lowest BCUT2D eigenvalue weighted by atomic mass is 10.3. The fourth-order valence-corrected chi connectivity index (χ4v) is 1.85. The van der Waals surface area contributed by atoms with Crippen LogP contribution in [0.3, 0.4) is 0 Å². The number of nitrogens with one attached hydrogen (secondary N) is 1. The summed E-state index contributed by atoms with van der Waals surface area (Å²) in [6, 6.07) is 0.952. The summed E-state index contributed by atoms with van der Waals surface area (Å²) in [4.78, 5) is 28.4. The minimum atomic E-state index is -1.30. The van der Waals surface area contributed by atoms with Gasteiger partial charge in [0.15, 0.2) is 5.16 Å².